The number of nitrogens with two attached hydrogens (primary N) is 2. The highest BCUT2D eigenvalue weighted by molar-refractivity contribution is 8.00. The van der Waals surface area contributed by atoms with Crippen molar-refractivity contribution in [2.75, 3.05) is 72.0 Å². The predicted molar refractivity (Wildman–Crippen MR) is 476 cm³/mol. The van der Waals surface area contributed by atoms with Gasteiger partial charge in [-0.1, -0.05) is 125 Å². The Hall–Kier alpha value is -13.0. The van der Waals surface area contributed by atoms with Crippen LogP contribution in [0.5, 0.6) is 5.75 Å². The Bertz CT molecular complexity index is 5060. The van der Waals surface area contributed by atoms with E-state index in [1.54, 1.807) is 112 Å². The zero-order chi connectivity index (χ0) is 96.2. The van der Waals surface area contributed by atoms with Gasteiger partial charge in [0.1, 0.15) is 90.9 Å². The standard InChI is InChI=1S/C91H116F3N17O20S/c1-7-8-26-71-90(129)111-46-58(115)43-73(111)86(125)104-68(47-131-50-113)83(122)106-78(51(2)3)91(130)108(5)72(40-52-19-11-9-12-20-52)85(124)101-64(25-17-33-95)88(127)110-34-18-27-70(110)84(123)103-66(42-56-44-97-62-24-16-15-23-59(56)62)82(121)102-65(38-54-28-30-57(114)31-29-54)81(120)100-63(32-35-112)80(119)105-69(79(118)98-45-75(96)116)48-132-49-76(117)99-67(39-55-36-60(92)77(94)61(93)37-55)87(126)109(6)74(89(128)107(71)4)41-53-21-13-10-14-22-53/h9-16,19-24,28-31,36-37,44,50-51,58,63-74,78,97,112,114-115H,7-8,17-18,25-27,32-35,38-43,45-49,95H2,1-6H3,(H2,96,116)(H,98,118)(H,99,117)(H,100,120)(H,101,124)(H,102,121)(H,103,123)(H,104,125)(H,105,119)(H,106,122)/t58-,63+,64+,65+,66+,67+,68+,69+,70-,71+,72+,73-,74+,78+/m1/s1. The number of hydrogen-bond acceptors (Lipinski definition) is 22. The van der Waals surface area contributed by atoms with Crippen LogP contribution in [-0.4, -0.2) is 297 Å². The molecular formula is C91H116F3N17O20S. The van der Waals surface area contributed by atoms with Crippen LogP contribution in [0.1, 0.15) is 106 Å². The molecule has 0 aliphatic carbocycles. The molecule has 712 valence electrons. The molecule has 41 heteroatoms. The number of carbonyl (C=O) groups excluding carboxylic acids is 16. The predicted octanol–water partition coefficient (Wildman–Crippen LogP) is -0.395. The third-order valence-electron chi connectivity index (χ3n) is 23.4. The van der Waals surface area contributed by atoms with Gasteiger partial charge in [0.15, 0.2) is 17.5 Å². The normalized spacial score (nSPS) is 24.2. The number of primary amides is 1. The van der Waals surface area contributed by atoms with Gasteiger partial charge in [0.2, 0.25) is 88.6 Å². The molecule has 4 heterocycles. The lowest BCUT2D eigenvalue weighted by molar-refractivity contribution is -0.152. The van der Waals surface area contributed by atoms with E-state index >= 15 is 51.9 Å². The van der Waals surface area contributed by atoms with Gasteiger partial charge in [-0.25, -0.2) is 13.2 Å². The van der Waals surface area contributed by atoms with Crippen molar-refractivity contribution in [3.63, 3.8) is 0 Å². The fourth-order valence-electron chi connectivity index (χ4n) is 16.1. The number of phenolic OH excluding ortho intramolecular Hbond substituents is 1. The number of phenols is 1. The molecule has 3 fully saturated rings. The number of para-hydroxylation sites is 1. The van der Waals surface area contributed by atoms with E-state index in [0.717, 1.165) is 26.6 Å². The fourth-order valence-corrected chi connectivity index (χ4v) is 17.0. The molecule has 14 atom stereocenters. The Kier molecular flexibility index (Phi) is 38.4. The molecular weight excluding hydrogens is 1740 g/mol. The number of aliphatic hydroxyl groups excluding tert-OH is 2. The maximum atomic E-state index is 15.7. The number of thioether (sulfide) groups is 1. The van der Waals surface area contributed by atoms with E-state index in [9.17, 15) is 53.3 Å². The van der Waals surface area contributed by atoms with Gasteiger partial charge in [-0.3, -0.25) is 76.7 Å². The van der Waals surface area contributed by atoms with E-state index in [-0.39, 0.29) is 95.1 Å². The number of halogens is 3. The van der Waals surface area contributed by atoms with Crippen molar-refractivity contribution in [1.82, 2.24) is 77.3 Å². The highest BCUT2D eigenvalue weighted by Crippen LogP contribution is 2.29. The van der Waals surface area contributed by atoms with Crippen molar-refractivity contribution < 1.29 is 110 Å². The fraction of sp³-hybridized carbons (Fsp3) is 0.473. The van der Waals surface area contributed by atoms with Crippen molar-refractivity contribution in [1.29, 1.82) is 0 Å². The number of nitrogens with one attached hydrogen (secondary N) is 10. The summed E-state index contributed by atoms with van der Waals surface area (Å²) in [6.07, 6.45) is -2.00. The Morgan fingerprint density at radius 2 is 1.14 bits per heavy atom. The van der Waals surface area contributed by atoms with Crippen molar-refractivity contribution in [3.05, 3.63) is 173 Å². The van der Waals surface area contributed by atoms with Gasteiger partial charge in [0.25, 0.3) is 6.47 Å². The van der Waals surface area contributed by atoms with Gasteiger partial charge in [-0.2, -0.15) is 0 Å². The highest BCUT2D eigenvalue weighted by Gasteiger charge is 2.48. The Morgan fingerprint density at radius 3 is 1.77 bits per heavy atom. The summed E-state index contributed by atoms with van der Waals surface area (Å²) in [6.45, 7) is 1.85. The number of amides is 15. The van der Waals surface area contributed by atoms with E-state index in [0.29, 0.717) is 63.5 Å². The average Bonchev–Trinajstić information content (AvgIpc) is 1.74. The summed E-state index contributed by atoms with van der Waals surface area (Å²) in [5, 5.41) is 56.2. The van der Waals surface area contributed by atoms with E-state index in [2.05, 4.69) is 52.8 Å². The Labute approximate surface area is 764 Å². The second kappa shape index (κ2) is 49.3. The molecule has 132 heavy (non-hydrogen) atoms. The first-order valence-corrected chi connectivity index (χ1v) is 44.8. The molecule has 0 spiro atoms. The number of nitrogens with zero attached hydrogens (tertiary/aromatic N) is 5. The number of aromatic hydroxyl groups is 1. The number of aromatic amines is 1. The molecule has 0 saturated carbocycles. The number of likely N-dealkylation sites (N-methyl/N-ethyl adjacent to an activating group) is 3. The number of fused-ring (bicyclic) bond motifs is 3. The van der Waals surface area contributed by atoms with Crippen molar-refractivity contribution in [2.24, 2.45) is 17.4 Å². The molecule has 1 aromatic heterocycles. The third-order valence-corrected chi connectivity index (χ3v) is 24.4. The topological polar surface area (TPSA) is 535 Å². The molecule has 6 aromatic rings. The zero-order valence-corrected chi connectivity index (χ0v) is 74.9. The number of carbonyl (C=O) groups is 16. The van der Waals surface area contributed by atoms with Crippen LogP contribution in [-0.2, 0) is 114 Å². The molecule has 0 unspecified atom stereocenters. The van der Waals surface area contributed by atoms with Gasteiger partial charge < -0.3 is 109 Å². The van der Waals surface area contributed by atoms with E-state index in [4.69, 9.17) is 16.2 Å². The zero-order valence-electron chi connectivity index (χ0n) is 74.1. The lowest BCUT2D eigenvalue weighted by Crippen LogP contribution is -2.62. The number of rotatable bonds is 25. The molecule has 9 rings (SSSR count). The molecule has 0 bridgehead atoms. The van der Waals surface area contributed by atoms with Crippen molar-refractivity contribution in [2.45, 2.75) is 195 Å². The molecule has 3 aliphatic heterocycles. The number of H-pyrrole nitrogens is 1. The molecule has 37 nitrogen and oxygen atoms in total. The van der Waals surface area contributed by atoms with E-state index < -0.39 is 254 Å². The number of hydrogen-bond donors (Lipinski definition) is 15. The monoisotopic (exact) mass is 1860 g/mol. The second-order valence-electron chi connectivity index (χ2n) is 33.3. The number of aromatic nitrogens is 1. The summed E-state index contributed by atoms with van der Waals surface area (Å²) < 4.78 is 50.1. The summed E-state index contributed by atoms with van der Waals surface area (Å²) in [4.78, 5) is 244. The highest BCUT2D eigenvalue weighted by atomic mass is 32.2. The van der Waals surface area contributed by atoms with Crippen LogP contribution in [0.2, 0.25) is 0 Å². The van der Waals surface area contributed by atoms with Gasteiger partial charge in [0, 0.05) is 102 Å². The van der Waals surface area contributed by atoms with Crippen LogP contribution >= 0.6 is 11.8 Å². The minimum Gasteiger partial charge on any atom is -0.508 e. The van der Waals surface area contributed by atoms with Crippen LogP contribution in [0, 0.1) is 23.4 Å². The van der Waals surface area contributed by atoms with Gasteiger partial charge in [-0.15, -0.1) is 11.8 Å². The van der Waals surface area contributed by atoms with Gasteiger partial charge in [0.05, 0.1) is 18.4 Å². The maximum absolute atomic E-state index is 15.7. The first-order chi connectivity index (χ1) is 63.0. The Morgan fingerprint density at radius 1 is 0.576 bits per heavy atom. The number of ether oxygens (including phenoxy) is 1. The maximum Gasteiger partial charge on any atom is 0.293 e. The quantitative estimate of drug-likeness (QED) is 0.0256. The number of unbranched alkanes of at least 4 members (excludes halogenated alkanes) is 1. The van der Waals surface area contributed by atoms with Crippen LogP contribution in [0.4, 0.5) is 13.2 Å². The molecule has 3 aliphatic rings. The largest absolute Gasteiger partial charge is 0.508 e. The first-order valence-electron chi connectivity index (χ1n) is 43.6. The molecule has 3 saturated heterocycles. The third kappa shape index (κ3) is 28.0. The lowest BCUT2D eigenvalue weighted by atomic mass is 9.98. The number of aliphatic hydroxyl groups is 2. The lowest BCUT2D eigenvalue weighted by Gasteiger charge is -2.38. The smallest absolute Gasteiger partial charge is 0.293 e. The van der Waals surface area contributed by atoms with E-state index in [1.165, 1.54) is 43.3 Å². The summed E-state index contributed by atoms with van der Waals surface area (Å²) in [7, 11) is 3.70. The molecule has 17 N–H and O–H groups in total. The molecule has 5 aromatic carbocycles. The molecule has 15 amide bonds. The van der Waals surface area contributed by atoms with Crippen molar-refractivity contribution in [3.8, 4) is 5.75 Å². The summed E-state index contributed by atoms with van der Waals surface area (Å²) in [5.41, 5.74) is 13.5. The van der Waals surface area contributed by atoms with Gasteiger partial charge in [-0.05, 0) is 109 Å². The second-order valence-corrected chi connectivity index (χ2v) is 34.3. The molecule has 0 radical (unpaired) electrons. The van der Waals surface area contributed by atoms with Crippen LogP contribution in [0.3, 0.4) is 0 Å². The van der Waals surface area contributed by atoms with Crippen LogP contribution < -0.4 is 59.3 Å². The minimum absolute atomic E-state index is 0.0128. The van der Waals surface area contributed by atoms with E-state index in [1.807, 2.05) is 0 Å². The first kappa shape index (κ1) is 103. The van der Waals surface area contributed by atoms with Crippen molar-refractivity contribution >= 4 is 118 Å². The Balaban J connectivity index is 1.13. The summed E-state index contributed by atoms with van der Waals surface area (Å²) >= 11 is 0.623. The average molecular weight is 1860 g/mol. The SMILES string of the molecule is CCCC[C@H]1C(=O)N2C[C@H](O)C[C@@H]2C(=O)N[C@@H](COC=O)C(=O)N[C@@H](C(C)C)C(=O)N(C)[C@@H](Cc2ccccc2)C(=O)N[C@@H](CCCN)C(=O)N2CCC[C@@H]2C(=O)N[C@@H](Cc2c[nH]c3ccccc23)C(=O)N[C@@H](Cc2ccc(O)cc2)C(=O)N[C@@H](CCO)C(=O)N[C@H](C(=O)NCC(N)=O)CSCC(=O)N[C@@H](Cc2cc(F)c(F)c(F)c2)C(=O)N(C)[C@@H](Cc2ccccc2)C(=O)N1C. The van der Waals surface area contributed by atoms with Gasteiger partial charge >= 0.3 is 0 Å². The van der Waals surface area contributed by atoms with Crippen LogP contribution in [0.15, 0.2) is 128 Å². The number of benzene rings is 5. The minimum atomic E-state index is -1.91. The summed E-state index contributed by atoms with van der Waals surface area (Å²) in [6, 6.07) is 8.96. The van der Waals surface area contributed by atoms with Crippen LogP contribution in [0.25, 0.3) is 10.9 Å². The summed E-state index contributed by atoms with van der Waals surface area (Å²) in [5.74, 6) is -22.5.